The van der Waals surface area contributed by atoms with Gasteiger partial charge in [0.15, 0.2) is 5.82 Å². The van der Waals surface area contributed by atoms with Crippen LogP contribution in [0.25, 0.3) is 0 Å². The normalized spacial score (nSPS) is 30.1. The Morgan fingerprint density at radius 2 is 2.35 bits per heavy atom. The summed E-state index contributed by atoms with van der Waals surface area (Å²) in [7, 11) is 1.78. The van der Waals surface area contributed by atoms with Crippen LogP contribution in [0.4, 0.5) is 5.82 Å². The first-order valence-electron chi connectivity index (χ1n) is 7.39. The summed E-state index contributed by atoms with van der Waals surface area (Å²) in [5.41, 5.74) is 1.06. The van der Waals surface area contributed by atoms with Gasteiger partial charge in [0.1, 0.15) is 0 Å². The van der Waals surface area contributed by atoms with Gasteiger partial charge in [-0.2, -0.15) is 5.10 Å². The lowest BCUT2D eigenvalue weighted by Crippen LogP contribution is -2.57. The van der Waals surface area contributed by atoms with Gasteiger partial charge in [-0.05, 0) is 38.3 Å². The average molecular weight is 277 g/mol. The van der Waals surface area contributed by atoms with Gasteiger partial charge in [-0.15, -0.1) is 5.10 Å². The molecule has 0 unspecified atom stereocenters. The number of fused-ring (bicyclic) bond motifs is 1. The van der Waals surface area contributed by atoms with Gasteiger partial charge in [-0.1, -0.05) is 0 Å². The van der Waals surface area contributed by atoms with Crippen LogP contribution >= 0.6 is 0 Å². The minimum Gasteiger partial charge on any atom is -0.384 e. The molecule has 3 heterocycles. The largest absolute Gasteiger partial charge is 0.384 e. The first-order chi connectivity index (χ1) is 9.73. The van der Waals surface area contributed by atoms with Crippen LogP contribution in [0, 0.1) is 12.3 Å². The van der Waals surface area contributed by atoms with Crippen LogP contribution < -0.4 is 4.90 Å². The number of aromatic nitrogens is 2. The van der Waals surface area contributed by atoms with Crippen LogP contribution in [0.15, 0.2) is 12.1 Å². The van der Waals surface area contributed by atoms with E-state index in [0.29, 0.717) is 6.10 Å². The SMILES string of the molecule is COC[C@@]12CCCO[C@@H]1CCN(c1ccc(C)nn1)C2. The van der Waals surface area contributed by atoms with E-state index in [1.807, 2.05) is 13.0 Å². The van der Waals surface area contributed by atoms with Gasteiger partial charge in [0.2, 0.25) is 0 Å². The lowest BCUT2D eigenvalue weighted by Gasteiger charge is -2.50. The molecule has 5 heteroatoms. The second-order valence-electron chi connectivity index (χ2n) is 6.00. The van der Waals surface area contributed by atoms with Crippen LogP contribution in [0.2, 0.25) is 0 Å². The van der Waals surface area contributed by atoms with Crippen molar-refractivity contribution in [3.8, 4) is 0 Å². The Bertz CT molecular complexity index is 447. The van der Waals surface area contributed by atoms with Gasteiger partial charge in [0.05, 0.1) is 18.4 Å². The summed E-state index contributed by atoms with van der Waals surface area (Å²) in [4.78, 5) is 2.33. The molecule has 2 aliphatic heterocycles. The van der Waals surface area contributed by atoms with E-state index in [-0.39, 0.29) is 5.41 Å². The molecule has 5 nitrogen and oxygen atoms in total. The third-order valence-electron chi connectivity index (χ3n) is 4.53. The van der Waals surface area contributed by atoms with E-state index in [2.05, 4.69) is 21.2 Å². The first kappa shape index (κ1) is 13.8. The Labute approximate surface area is 120 Å². The Morgan fingerprint density at radius 3 is 3.10 bits per heavy atom. The highest BCUT2D eigenvalue weighted by molar-refractivity contribution is 5.39. The molecule has 1 aromatic heterocycles. The molecule has 2 atom stereocenters. The number of rotatable bonds is 3. The summed E-state index contributed by atoms with van der Waals surface area (Å²) in [6, 6.07) is 4.08. The number of anilines is 1. The standard InChI is InChI=1S/C15H23N3O2/c1-12-4-5-14(17-16-12)18-8-6-13-15(10-18,11-19-2)7-3-9-20-13/h4-5,13H,3,6-11H2,1-2H3/t13-,15+/m1/s1. The second kappa shape index (κ2) is 5.66. The van der Waals surface area contributed by atoms with E-state index in [0.717, 1.165) is 50.7 Å². The Hall–Kier alpha value is -1.20. The highest BCUT2D eigenvalue weighted by atomic mass is 16.5. The van der Waals surface area contributed by atoms with Crippen LogP contribution in [-0.2, 0) is 9.47 Å². The minimum absolute atomic E-state index is 0.109. The van der Waals surface area contributed by atoms with Crippen LogP contribution in [0.3, 0.4) is 0 Å². The Balaban J connectivity index is 1.80. The summed E-state index contributed by atoms with van der Waals surface area (Å²) < 4.78 is 11.5. The molecular formula is C15H23N3O2. The number of hydrogen-bond acceptors (Lipinski definition) is 5. The van der Waals surface area contributed by atoms with Crippen molar-refractivity contribution in [2.24, 2.45) is 5.41 Å². The summed E-state index contributed by atoms with van der Waals surface area (Å²) in [5.74, 6) is 0.968. The van der Waals surface area contributed by atoms with Crippen molar-refractivity contribution in [1.82, 2.24) is 10.2 Å². The van der Waals surface area contributed by atoms with Gasteiger partial charge in [-0.3, -0.25) is 0 Å². The molecule has 110 valence electrons. The zero-order chi connectivity index (χ0) is 14.0. The predicted molar refractivity (Wildman–Crippen MR) is 76.9 cm³/mol. The smallest absolute Gasteiger partial charge is 0.151 e. The molecule has 1 aromatic rings. The highest BCUT2D eigenvalue weighted by Crippen LogP contribution is 2.41. The van der Waals surface area contributed by atoms with Crippen LogP contribution in [0.5, 0.6) is 0 Å². The number of methoxy groups -OCH3 is 1. The van der Waals surface area contributed by atoms with Gasteiger partial charge >= 0.3 is 0 Å². The lowest BCUT2D eigenvalue weighted by molar-refractivity contribution is -0.119. The van der Waals surface area contributed by atoms with E-state index in [9.17, 15) is 0 Å². The van der Waals surface area contributed by atoms with E-state index < -0.39 is 0 Å². The first-order valence-corrected chi connectivity index (χ1v) is 7.39. The fourth-order valence-electron chi connectivity index (χ4n) is 3.54. The minimum atomic E-state index is 0.109. The average Bonchev–Trinajstić information content (AvgIpc) is 2.47. The summed E-state index contributed by atoms with van der Waals surface area (Å²) in [6.45, 7) is 5.54. The highest BCUT2D eigenvalue weighted by Gasteiger charge is 2.46. The number of ether oxygens (including phenoxy) is 2. The molecule has 2 fully saturated rings. The summed E-state index contributed by atoms with van der Waals surface area (Å²) >= 11 is 0. The quantitative estimate of drug-likeness (QED) is 0.843. The van der Waals surface area contributed by atoms with Crippen molar-refractivity contribution < 1.29 is 9.47 Å². The van der Waals surface area contributed by atoms with Gasteiger partial charge in [0.25, 0.3) is 0 Å². The van der Waals surface area contributed by atoms with Gasteiger partial charge in [0, 0.05) is 32.2 Å². The Morgan fingerprint density at radius 1 is 1.45 bits per heavy atom. The summed E-state index contributed by atoms with van der Waals surface area (Å²) in [6.07, 6.45) is 3.65. The van der Waals surface area contributed by atoms with Crippen molar-refractivity contribution in [1.29, 1.82) is 0 Å². The van der Waals surface area contributed by atoms with Crippen molar-refractivity contribution in [2.75, 3.05) is 38.3 Å². The topological polar surface area (TPSA) is 47.5 Å². The molecule has 0 aliphatic carbocycles. The van der Waals surface area contributed by atoms with Crippen molar-refractivity contribution >= 4 is 5.82 Å². The van der Waals surface area contributed by atoms with Crippen LogP contribution in [0.1, 0.15) is 25.0 Å². The zero-order valence-corrected chi connectivity index (χ0v) is 12.3. The van der Waals surface area contributed by atoms with E-state index >= 15 is 0 Å². The van der Waals surface area contributed by atoms with Gasteiger partial charge in [-0.25, -0.2) is 0 Å². The molecule has 0 spiro atoms. The van der Waals surface area contributed by atoms with Crippen molar-refractivity contribution in [2.45, 2.75) is 32.3 Å². The molecule has 0 saturated carbocycles. The molecule has 0 bridgehead atoms. The lowest BCUT2D eigenvalue weighted by atomic mass is 9.73. The van der Waals surface area contributed by atoms with Crippen molar-refractivity contribution in [3.05, 3.63) is 17.8 Å². The molecular weight excluding hydrogens is 254 g/mol. The van der Waals surface area contributed by atoms with Crippen molar-refractivity contribution in [3.63, 3.8) is 0 Å². The van der Waals surface area contributed by atoms with E-state index in [1.165, 1.54) is 6.42 Å². The molecule has 3 rings (SSSR count). The maximum atomic E-state index is 6.00. The molecule has 0 N–H and O–H groups in total. The van der Waals surface area contributed by atoms with Gasteiger partial charge < -0.3 is 14.4 Å². The Kier molecular flexibility index (Phi) is 3.89. The van der Waals surface area contributed by atoms with Crippen LogP contribution in [-0.4, -0.2) is 49.7 Å². The maximum absolute atomic E-state index is 6.00. The zero-order valence-electron chi connectivity index (χ0n) is 12.3. The fourth-order valence-corrected chi connectivity index (χ4v) is 3.54. The molecule has 20 heavy (non-hydrogen) atoms. The second-order valence-corrected chi connectivity index (χ2v) is 6.00. The van der Waals surface area contributed by atoms with E-state index in [4.69, 9.17) is 9.47 Å². The number of piperidine rings is 1. The number of nitrogens with zero attached hydrogens (tertiary/aromatic N) is 3. The molecule has 0 aromatic carbocycles. The maximum Gasteiger partial charge on any atom is 0.151 e. The third kappa shape index (κ3) is 2.52. The third-order valence-corrected chi connectivity index (χ3v) is 4.53. The van der Waals surface area contributed by atoms with E-state index in [1.54, 1.807) is 7.11 Å². The molecule has 2 aliphatic rings. The summed E-state index contributed by atoms with van der Waals surface area (Å²) in [5, 5.41) is 8.50. The fraction of sp³-hybridized carbons (Fsp3) is 0.733. The molecule has 0 radical (unpaired) electrons. The predicted octanol–water partition coefficient (Wildman–Crippen LogP) is 1.81. The molecule has 2 saturated heterocycles. The molecule has 0 amide bonds. The number of aryl methyl sites for hydroxylation is 1. The number of hydrogen-bond donors (Lipinski definition) is 0. The monoisotopic (exact) mass is 277 g/mol.